The molecule has 0 aliphatic carbocycles. The fourth-order valence-corrected chi connectivity index (χ4v) is 3.39. The van der Waals surface area contributed by atoms with E-state index in [0.29, 0.717) is 42.4 Å². The minimum absolute atomic E-state index is 0.0268. The minimum Gasteiger partial charge on any atom is -0.493 e. The number of morpholine rings is 1. The molecule has 1 amide bonds. The highest BCUT2D eigenvalue weighted by atomic mass is 16.5. The second-order valence-electron chi connectivity index (χ2n) is 6.68. The Labute approximate surface area is 170 Å². The molecule has 0 spiro atoms. The van der Waals surface area contributed by atoms with Crippen molar-refractivity contribution >= 4 is 5.91 Å². The van der Waals surface area contributed by atoms with E-state index in [2.05, 4.69) is 16.3 Å². The van der Waals surface area contributed by atoms with E-state index < -0.39 is 0 Å². The summed E-state index contributed by atoms with van der Waals surface area (Å²) in [6, 6.07) is 14.5. The molecule has 0 bridgehead atoms. The molecule has 0 radical (unpaired) electrons. The van der Waals surface area contributed by atoms with Crippen LogP contribution in [0.5, 0.6) is 11.5 Å². The predicted octanol–water partition coefficient (Wildman–Crippen LogP) is 2.38. The van der Waals surface area contributed by atoms with Crippen molar-refractivity contribution in [1.82, 2.24) is 10.2 Å². The number of carbonyl (C=O) groups excluding carboxylic acids is 1. The van der Waals surface area contributed by atoms with Gasteiger partial charge in [-0.25, -0.2) is 0 Å². The van der Waals surface area contributed by atoms with E-state index in [1.54, 1.807) is 38.5 Å². The van der Waals surface area contributed by atoms with Crippen LogP contribution in [0.1, 0.15) is 27.5 Å². The molecule has 0 saturated carbocycles. The molecular formula is C22H25N3O4. The van der Waals surface area contributed by atoms with E-state index in [9.17, 15) is 4.79 Å². The van der Waals surface area contributed by atoms with E-state index in [1.807, 2.05) is 18.2 Å². The lowest BCUT2D eigenvalue weighted by atomic mass is 10.0. The second kappa shape index (κ2) is 9.92. The van der Waals surface area contributed by atoms with Crippen molar-refractivity contribution < 1.29 is 19.0 Å². The van der Waals surface area contributed by atoms with Crippen molar-refractivity contribution in [1.29, 1.82) is 5.26 Å². The van der Waals surface area contributed by atoms with E-state index in [1.165, 1.54) is 0 Å². The van der Waals surface area contributed by atoms with Crippen LogP contribution in [0.25, 0.3) is 0 Å². The third-order valence-electron chi connectivity index (χ3n) is 5.01. The van der Waals surface area contributed by atoms with Gasteiger partial charge in [-0.3, -0.25) is 9.69 Å². The number of nitrogens with one attached hydrogen (secondary N) is 1. The van der Waals surface area contributed by atoms with Crippen LogP contribution in [0.15, 0.2) is 42.5 Å². The monoisotopic (exact) mass is 395 g/mol. The normalized spacial score (nSPS) is 15.2. The van der Waals surface area contributed by atoms with Gasteiger partial charge in [-0.05, 0) is 42.0 Å². The van der Waals surface area contributed by atoms with Crippen molar-refractivity contribution in [3.8, 4) is 17.6 Å². The molecule has 1 fully saturated rings. The molecule has 2 aromatic carbocycles. The molecule has 7 heteroatoms. The molecule has 152 valence electrons. The van der Waals surface area contributed by atoms with Crippen LogP contribution in [0, 0.1) is 11.3 Å². The van der Waals surface area contributed by atoms with Crippen LogP contribution in [-0.4, -0.2) is 57.9 Å². The Morgan fingerprint density at radius 1 is 1.14 bits per heavy atom. The predicted molar refractivity (Wildman–Crippen MR) is 108 cm³/mol. The van der Waals surface area contributed by atoms with Gasteiger partial charge in [0, 0.05) is 25.2 Å². The number of benzene rings is 2. The maximum absolute atomic E-state index is 12.6. The average molecular weight is 395 g/mol. The SMILES string of the molecule is COc1ccc(C(CNC(=O)c2ccc(C#N)cc2)N2CCOCC2)cc1OC. The summed E-state index contributed by atoms with van der Waals surface area (Å²) in [5, 5.41) is 11.9. The fraction of sp³-hybridized carbons (Fsp3) is 0.364. The van der Waals surface area contributed by atoms with Crippen LogP contribution in [0.4, 0.5) is 0 Å². The Bertz CT molecular complexity index is 871. The zero-order chi connectivity index (χ0) is 20.6. The van der Waals surface area contributed by atoms with Crippen LogP contribution in [0.3, 0.4) is 0 Å². The fourth-order valence-electron chi connectivity index (χ4n) is 3.39. The summed E-state index contributed by atoms with van der Waals surface area (Å²) in [4.78, 5) is 14.9. The Balaban J connectivity index is 1.78. The number of rotatable bonds is 7. The number of methoxy groups -OCH3 is 2. The van der Waals surface area contributed by atoms with Crippen LogP contribution < -0.4 is 14.8 Å². The van der Waals surface area contributed by atoms with Gasteiger partial charge in [0.1, 0.15) is 0 Å². The van der Waals surface area contributed by atoms with Crippen molar-refractivity contribution in [2.45, 2.75) is 6.04 Å². The van der Waals surface area contributed by atoms with Crippen molar-refractivity contribution in [2.24, 2.45) is 0 Å². The van der Waals surface area contributed by atoms with Crippen molar-refractivity contribution in [3.05, 3.63) is 59.2 Å². The van der Waals surface area contributed by atoms with Crippen molar-refractivity contribution in [3.63, 3.8) is 0 Å². The zero-order valence-electron chi connectivity index (χ0n) is 16.7. The number of nitrogens with zero attached hydrogens (tertiary/aromatic N) is 2. The van der Waals surface area contributed by atoms with Gasteiger partial charge in [0.25, 0.3) is 5.91 Å². The highest BCUT2D eigenvalue weighted by Crippen LogP contribution is 2.32. The first-order chi connectivity index (χ1) is 14.2. The van der Waals surface area contributed by atoms with E-state index in [-0.39, 0.29) is 11.9 Å². The molecule has 2 aromatic rings. The zero-order valence-corrected chi connectivity index (χ0v) is 16.7. The molecule has 1 atom stereocenters. The third-order valence-corrected chi connectivity index (χ3v) is 5.01. The lowest BCUT2D eigenvalue weighted by Crippen LogP contribution is -2.43. The number of nitriles is 1. The first-order valence-electron chi connectivity index (χ1n) is 9.48. The lowest BCUT2D eigenvalue weighted by molar-refractivity contribution is 0.0162. The van der Waals surface area contributed by atoms with Crippen molar-refractivity contribution in [2.75, 3.05) is 47.1 Å². The molecule has 1 aliphatic rings. The van der Waals surface area contributed by atoms with Gasteiger partial charge in [0.15, 0.2) is 11.5 Å². The van der Waals surface area contributed by atoms with Crippen LogP contribution in [-0.2, 0) is 4.74 Å². The van der Waals surface area contributed by atoms with Gasteiger partial charge < -0.3 is 19.5 Å². The lowest BCUT2D eigenvalue weighted by Gasteiger charge is -2.35. The van der Waals surface area contributed by atoms with Crippen LogP contribution in [0.2, 0.25) is 0 Å². The standard InChI is InChI=1S/C22H25N3O4/c1-27-20-8-7-18(13-21(20)28-2)19(25-9-11-29-12-10-25)15-24-22(26)17-5-3-16(14-23)4-6-17/h3-8,13,19H,9-12,15H2,1-2H3,(H,24,26). The number of hydrogen-bond donors (Lipinski definition) is 1. The van der Waals surface area contributed by atoms with Gasteiger partial charge in [-0.1, -0.05) is 6.07 Å². The second-order valence-corrected chi connectivity index (χ2v) is 6.68. The highest BCUT2D eigenvalue weighted by Gasteiger charge is 2.24. The molecule has 29 heavy (non-hydrogen) atoms. The molecule has 1 saturated heterocycles. The van der Waals surface area contributed by atoms with Gasteiger partial charge in [-0.15, -0.1) is 0 Å². The molecule has 1 unspecified atom stereocenters. The Hall–Kier alpha value is -3.08. The molecule has 3 rings (SSSR count). The summed E-state index contributed by atoms with van der Waals surface area (Å²) in [5.41, 5.74) is 2.08. The number of amides is 1. The van der Waals surface area contributed by atoms with Crippen LogP contribution >= 0.6 is 0 Å². The number of hydrogen-bond acceptors (Lipinski definition) is 6. The minimum atomic E-state index is -0.173. The molecule has 7 nitrogen and oxygen atoms in total. The maximum atomic E-state index is 12.6. The molecular weight excluding hydrogens is 370 g/mol. The largest absolute Gasteiger partial charge is 0.493 e. The van der Waals surface area contributed by atoms with Gasteiger partial charge in [0.2, 0.25) is 0 Å². The topological polar surface area (TPSA) is 83.8 Å². The summed E-state index contributed by atoms with van der Waals surface area (Å²) in [5.74, 6) is 1.15. The smallest absolute Gasteiger partial charge is 0.251 e. The average Bonchev–Trinajstić information content (AvgIpc) is 2.79. The summed E-state index contributed by atoms with van der Waals surface area (Å²) in [7, 11) is 3.22. The number of ether oxygens (including phenoxy) is 3. The van der Waals surface area contributed by atoms with E-state index in [0.717, 1.165) is 18.7 Å². The van der Waals surface area contributed by atoms with Gasteiger partial charge in [-0.2, -0.15) is 5.26 Å². The first kappa shape index (κ1) is 20.6. The summed E-state index contributed by atoms with van der Waals surface area (Å²) < 4.78 is 16.3. The molecule has 1 N–H and O–H groups in total. The molecule has 1 heterocycles. The van der Waals surface area contributed by atoms with E-state index in [4.69, 9.17) is 19.5 Å². The van der Waals surface area contributed by atoms with E-state index >= 15 is 0 Å². The Morgan fingerprint density at radius 2 is 1.83 bits per heavy atom. The summed E-state index contributed by atoms with van der Waals surface area (Å²) in [6.45, 7) is 3.33. The summed E-state index contributed by atoms with van der Waals surface area (Å²) in [6.07, 6.45) is 0. The number of carbonyl (C=O) groups is 1. The highest BCUT2D eigenvalue weighted by molar-refractivity contribution is 5.94. The van der Waals surface area contributed by atoms with Gasteiger partial charge >= 0.3 is 0 Å². The molecule has 1 aliphatic heterocycles. The Morgan fingerprint density at radius 3 is 2.45 bits per heavy atom. The third kappa shape index (κ3) is 5.05. The van der Waals surface area contributed by atoms with Gasteiger partial charge in [0.05, 0.1) is 45.1 Å². The first-order valence-corrected chi connectivity index (χ1v) is 9.48. The maximum Gasteiger partial charge on any atom is 0.251 e. The molecule has 0 aromatic heterocycles. The quantitative estimate of drug-likeness (QED) is 0.775. The summed E-state index contributed by atoms with van der Waals surface area (Å²) >= 11 is 0. The Kier molecular flexibility index (Phi) is 7.06.